The van der Waals surface area contributed by atoms with Gasteiger partial charge in [0.1, 0.15) is 0 Å². The van der Waals surface area contributed by atoms with Crippen molar-refractivity contribution < 1.29 is 9.84 Å². The zero-order valence-electron chi connectivity index (χ0n) is 7.63. The van der Waals surface area contributed by atoms with Crippen molar-refractivity contribution in [2.24, 2.45) is 0 Å². The minimum Gasteiger partial charge on any atom is -0.494 e. The van der Waals surface area contributed by atoms with E-state index in [9.17, 15) is 5.11 Å². The Kier molecular flexibility index (Phi) is 3.81. The Balaban J connectivity index is 3.20. The van der Waals surface area contributed by atoms with E-state index in [0.717, 1.165) is 0 Å². The lowest BCUT2D eigenvalue weighted by Gasteiger charge is -2.10. The molecule has 0 saturated carbocycles. The number of benzene rings is 1. The van der Waals surface area contributed by atoms with Crippen LogP contribution in [0.1, 0.15) is 11.7 Å². The fraction of sp³-hybridized carbons (Fsp3) is 0.200. The molecule has 1 rings (SSSR count). The van der Waals surface area contributed by atoms with Crippen LogP contribution in [0.5, 0.6) is 5.75 Å². The van der Waals surface area contributed by atoms with Crippen LogP contribution in [0.2, 0.25) is 10.0 Å². The Morgan fingerprint density at radius 3 is 2.29 bits per heavy atom. The van der Waals surface area contributed by atoms with Crippen molar-refractivity contribution in [1.82, 2.24) is 0 Å². The molecule has 1 N–H and O–H groups in total. The molecule has 4 heteroatoms. The van der Waals surface area contributed by atoms with Crippen molar-refractivity contribution in [3.63, 3.8) is 0 Å². The van der Waals surface area contributed by atoms with E-state index >= 15 is 0 Å². The van der Waals surface area contributed by atoms with Crippen LogP contribution < -0.4 is 4.74 Å². The number of rotatable bonds is 3. The monoisotopic (exact) mass is 232 g/mol. The van der Waals surface area contributed by atoms with E-state index in [1.165, 1.54) is 13.2 Å². The zero-order chi connectivity index (χ0) is 10.7. The third-order valence-electron chi connectivity index (χ3n) is 1.79. The van der Waals surface area contributed by atoms with E-state index in [4.69, 9.17) is 27.9 Å². The molecule has 1 aromatic carbocycles. The molecule has 1 aromatic rings. The first kappa shape index (κ1) is 11.4. The van der Waals surface area contributed by atoms with Gasteiger partial charge in [0.2, 0.25) is 0 Å². The second-order valence-electron chi connectivity index (χ2n) is 2.70. The molecule has 0 fully saturated rings. The number of halogens is 2. The summed E-state index contributed by atoms with van der Waals surface area (Å²) in [7, 11) is 1.48. The summed E-state index contributed by atoms with van der Waals surface area (Å²) in [4.78, 5) is 0. The van der Waals surface area contributed by atoms with Gasteiger partial charge in [-0.3, -0.25) is 0 Å². The first-order chi connectivity index (χ1) is 6.60. The molecular weight excluding hydrogens is 223 g/mol. The molecule has 14 heavy (non-hydrogen) atoms. The first-order valence-corrected chi connectivity index (χ1v) is 4.69. The highest BCUT2D eigenvalue weighted by atomic mass is 35.5. The minimum atomic E-state index is -0.768. The number of hydrogen-bond acceptors (Lipinski definition) is 2. The highest BCUT2D eigenvalue weighted by molar-refractivity contribution is 6.37. The fourth-order valence-electron chi connectivity index (χ4n) is 1.08. The van der Waals surface area contributed by atoms with Crippen molar-refractivity contribution in [2.75, 3.05) is 7.11 Å². The summed E-state index contributed by atoms with van der Waals surface area (Å²) in [5, 5.41) is 10.2. The van der Waals surface area contributed by atoms with Crippen LogP contribution in [0, 0.1) is 0 Å². The van der Waals surface area contributed by atoms with E-state index in [-0.39, 0.29) is 0 Å². The standard InChI is InChI=1S/C10H10Cl2O2/c1-3-9(13)6-4-7(11)10(14-2)8(12)5-6/h3-5,9,13H,1H2,2H3. The number of aliphatic hydroxyl groups is 1. The minimum absolute atomic E-state index is 0.371. The van der Waals surface area contributed by atoms with Crippen molar-refractivity contribution >= 4 is 23.2 Å². The summed E-state index contributed by atoms with van der Waals surface area (Å²) < 4.78 is 4.97. The topological polar surface area (TPSA) is 29.5 Å². The Bertz CT molecular complexity index is 327. The van der Waals surface area contributed by atoms with Gasteiger partial charge in [-0.05, 0) is 17.7 Å². The van der Waals surface area contributed by atoms with Crippen LogP contribution >= 0.6 is 23.2 Å². The summed E-state index contributed by atoms with van der Waals surface area (Å²) in [6.45, 7) is 3.47. The number of aliphatic hydroxyl groups excluding tert-OH is 1. The summed E-state index contributed by atoms with van der Waals surface area (Å²) in [6, 6.07) is 3.19. The van der Waals surface area contributed by atoms with Crippen LogP contribution in [0.25, 0.3) is 0 Å². The quantitative estimate of drug-likeness (QED) is 0.812. The number of ether oxygens (including phenoxy) is 1. The van der Waals surface area contributed by atoms with Crippen molar-refractivity contribution in [3.8, 4) is 5.75 Å². The Morgan fingerprint density at radius 2 is 1.93 bits per heavy atom. The Morgan fingerprint density at radius 1 is 1.43 bits per heavy atom. The Labute approximate surface area is 92.7 Å². The maximum Gasteiger partial charge on any atom is 0.156 e. The van der Waals surface area contributed by atoms with E-state index in [1.807, 2.05) is 0 Å². The molecule has 0 radical (unpaired) electrons. The predicted octanol–water partition coefficient (Wildman–Crippen LogP) is 3.22. The van der Waals surface area contributed by atoms with Gasteiger partial charge in [-0.1, -0.05) is 29.3 Å². The highest BCUT2D eigenvalue weighted by Gasteiger charge is 2.11. The molecule has 0 bridgehead atoms. The van der Waals surface area contributed by atoms with Gasteiger partial charge in [0, 0.05) is 0 Å². The van der Waals surface area contributed by atoms with Crippen LogP contribution in [-0.4, -0.2) is 12.2 Å². The van der Waals surface area contributed by atoms with Crippen molar-refractivity contribution in [3.05, 3.63) is 40.4 Å². The molecular formula is C10H10Cl2O2. The molecule has 0 spiro atoms. The normalized spacial score (nSPS) is 12.3. The van der Waals surface area contributed by atoms with E-state index in [2.05, 4.69) is 6.58 Å². The van der Waals surface area contributed by atoms with Gasteiger partial charge in [-0.2, -0.15) is 0 Å². The van der Waals surface area contributed by atoms with Crippen LogP contribution in [0.4, 0.5) is 0 Å². The van der Waals surface area contributed by atoms with Crippen LogP contribution in [0.3, 0.4) is 0 Å². The summed E-state index contributed by atoms with van der Waals surface area (Å²) in [6.07, 6.45) is 0.630. The average molecular weight is 233 g/mol. The molecule has 76 valence electrons. The number of hydrogen-bond donors (Lipinski definition) is 1. The third kappa shape index (κ3) is 2.21. The lowest BCUT2D eigenvalue weighted by Crippen LogP contribution is -1.94. The summed E-state index contributed by atoms with van der Waals surface area (Å²) >= 11 is 11.8. The highest BCUT2D eigenvalue weighted by Crippen LogP contribution is 2.35. The summed E-state index contributed by atoms with van der Waals surface area (Å²) in [5.41, 5.74) is 0.593. The second-order valence-corrected chi connectivity index (χ2v) is 3.51. The van der Waals surface area contributed by atoms with Gasteiger partial charge in [0.05, 0.1) is 23.3 Å². The zero-order valence-corrected chi connectivity index (χ0v) is 9.14. The van der Waals surface area contributed by atoms with Crippen LogP contribution in [-0.2, 0) is 0 Å². The van der Waals surface area contributed by atoms with Gasteiger partial charge in [0.15, 0.2) is 5.75 Å². The molecule has 0 aliphatic rings. The SMILES string of the molecule is C=CC(O)c1cc(Cl)c(OC)c(Cl)c1. The van der Waals surface area contributed by atoms with Crippen molar-refractivity contribution in [2.45, 2.75) is 6.10 Å². The first-order valence-electron chi connectivity index (χ1n) is 3.93. The van der Waals surface area contributed by atoms with Crippen LogP contribution in [0.15, 0.2) is 24.8 Å². The van der Waals surface area contributed by atoms with Gasteiger partial charge in [0.25, 0.3) is 0 Å². The van der Waals surface area contributed by atoms with E-state index < -0.39 is 6.10 Å². The smallest absolute Gasteiger partial charge is 0.156 e. The molecule has 0 aromatic heterocycles. The predicted molar refractivity (Wildman–Crippen MR) is 58.2 cm³/mol. The number of methoxy groups -OCH3 is 1. The van der Waals surface area contributed by atoms with E-state index in [1.54, 1.807) is 12.1 Å². The van der Waals surface area contributed by atoms with Gasteiger partial charge < -0.3 is 9.84 Å². The molecule has 1 atom stereocenters. The molecule has 0 aliphatic carbocycles. The average Bonchev–Trinajstić information content (AvgIpc) is 2.16. The molecule has 0 saturated heterocycles. The molecule has 0 amide bonds. The van der Waals surface area contributed by atoms with Gasteiger partial charge >= 0.3 is 0 Å². The van der Waals surface area contributed by atoms with Crippen molar-refractivity contribution in [1.29, 1.82) is 0 Å². The lowest BCUT2D eigenvalue weighted by atomic mass is 10.1. The maximum atomic E-state index is 9.47. The fourth-order valence-corrected chi connectivity index (χ4v) is 1.74. The summed E-state index contributed by atoms with van der Waals surface area (Å²) in [5.74, 6) is 0.411. The maximum absolute atomic E-state index is 9.47. The second kappa shape index (κ2) is 4.69. The lowest BCUT2D eigenvalue weighted by molar-refractivity contribution is 0.229. The molecule has 1 unspecified atom stereocenters. The van der Waals surface area contributed by atoms with Gasteiger partial charge in [-0.25, -0.2) is 0 Å². The molecule has 0 heterocycles. The third-order valence-corrected chi connectivity index (χ3v) is 2.35. The Hall–Kier alpha value is -0.700. The van der Waals surface area contributed by atoms with Gasteiger partial charge in [-0.15, -0.1) is 6.58 Å². The largest absolute Gasteiger partial charge is 0.494 e. The molecule has 0 aliphatic heterocycles. The molecule has 2 nitrogen and oxygen atoms in total. The van der Waals surface area contributed by atoms with E-state index in [0.29, 0.717) is 21.4 Å².